The zero-order valence-electron chi connectivity index (χ0n) is 61.6. The first-order valence-electron chi connectivity index (χ1n) is 35.7. The molecule has 11 amide bonds. The number of benzene rings is 4. The molecule has 4 aromatic carbocycles. The second kappa shape index (κ2) is 39.5. The van der Waals surface area contributed by atoms with E-state index in [1.165, 1.54) is 76.4 Å². The number of carbonyl (C=O) groups is 13. The summed E-state index contributed by atoms with van der Waals surface area (Å²) in [6.07, 6.45) is -7.90. The number of nitrogens with zero attached hydrogens (tertiary/aromatic N) is 1. The first kappa shape index (κ1) is 84.2. The molecule has 7 rings (SSSR count). The van der Waals surface area contributed by atoms with E-state index in [1.807, 2.05) is 31.2 Å². The van der Waals surface area contributed by atoms with Gasteiger partial charge in [-0.25, -0.2) is 4.79 Å². The van der Waals surface area contributed by atoms with Crippen LogP contribution in [0.25, 0.3) is 17.0 Å². The normalized spacial score (nSPS) is 24.4. The van der Waals surface area contributed by atoms with E-state index in [0.717, 1.165) is 23.0 Å². The molecule has 0 aliphatic carbocycles. The second-order valence-electron chi connectivity index (χ2n) is 27.6. The Labute approximate surface area is 624 Å². The molecule has 1 aromatic heterocycles. The minimum absolute atomic E-state index is 0.0302. The Morgan fingerprint density at radius 2 is 1.29 bits per heavy atom. The molecule has 2 saturated heterocycles. The van der Waals surface area contributed by atoms with Gasteiger partial charge < -0.3 is 98.1 Å². The van der Waals surface area contributed by atoms with Crippen molar-refractivity contribution in [3.05, 3.63) is 143 Å². The molecule has 14 atom stereocenters. The summed E-state index contributed by atoms with van der Waals surface area (Å²) in [6.45, 7) is 11.2. The number of amides is 11. The predicted molar refractivity (Wildman–Crippen MR) is 391 cm³/mol. The largest absolute Gasteiger partial charge is 0.497 e. The lowest BCUT2D eigenvalue weighted by atomic mass is 9.97. The number of fused-ring (bicyclic) bond motifs is 2. The summed E-state index contributed by atoms with van der Waals surface area (Å²) in [5, 5.41) is 82.1. The van der Waals surface area contributed by atoms with E-state index in [4.69, 9.17) is 9.47 Å². The Kier molecular flexibility index (Phi) is 30.8. The molecule has 0 bridgehead atoms. The maximum absolute atomic E-state index is 15.2. The molecule has 32 heteroatoms. The Morgan fingerprint density at radius 3 is 1.95 bits per heavy atom. The van der Waals surface area contributed by atoms with E-state index >= 15 is 9.59 Å². The van der Waals surface area contributed by atoms with Gasteiger partial charge in [-0.3, -0.25) is 57.5 Å². The molecule has 2 aliphatic heterocycles. The number of esters is 1. The van der Waals surface area contributed by atoms with Crippen molar-refractivity contribution >= 4 is 93.9 Å². The highest BCUT2D eigenvalue weighted by molar-refractivity contribution is 6.00. The van der Waals surface area contributed by atoms with E-state index in [1.54, 1.807) is 63.2 Å². The molecular weight excluding hydrogens is 1400 g/mol. The SMILES string of the molecule is CC=Cc1ccccc1CCC(=O)NC1CC(C)OC(=O)C(C(O)C(C)C)NC(=O)C(CC(C)C)NC(=O)C(O)NC(=O)C(Cc2c(C)[nH]c3ccccc23)NC(=O)C(C(O)c2ccc(OC)cc2)NC(=O)C2CCCN2C(=O)C(C(O)c2ccccc2)NC(=O)CNC(=O)C(CC(=O)O)NC(=O)C(C)NC1=O. The number of hydrogen-bond donors (Lipinski definition) is 16. The molecule has 5 aromatic rings. The van der Waals surface area contributed by atoms with Gasteiger partial charge in [-0.15, -0.1) is 0 Å². The van der Waals surface area contributed by atoms with Crippen LogP contribution in [0.1, 0.15) is 133 Å². The first-order valence-corrected chi connectivity index (χ1v) is 35.7. The van der Waals surface area contributed by atoms with Crippen LogP contribution in [-0.2, 0) is 79.9 Å². The Morgan fingerprint density at radius 1 is 0.667 bits per heavy atom. The highest BCUT2D eigenvalue weighted by Crippen LogP contribution is 2.28. The van der Waals surface area contributed by atoms with Crippen molar-refractivity contribution < 1.29 is 97.3 Å². The number of cyclic esters (lactones) is 1. The number of rotatable bonds is 18. The van der Waals surface area contributed by atoms with Gasteiger partial charge in [0.1, 0.15) is 72.4 Å². The van der Waals surface area contributed by atoms with Gasteiger partial charge >= 0.3 is 11.9 Å². The van der Waals surface area contributed by atoms with Gasteiger partial charge in [-0.05, 0) is 111 Å². The number of H-pyrrole nitrogens is 1. The van der Waals surface area contributed by atoms with Crippen LogP contribution in [0, 0.1) is 18.8 Å². The number of ether oxygens (including phenoxy) is 2. The molecule has 3 heterocycles. The molecule has 2 aliphatic rings. The summed E-state index contributed by atoms with van der Waals surface area (Å²) in [5.74, 6) is -16.0. The molecule has 0 radical (unpaired) electrons. The number of aliphatic hydroxyl groups excluding tert-OH is 4. The highest BCUT2D eigenvalue weighted by atomic mass is 16.5. The molecule has 2 fully saturated rings. The van der Waals surface area contributed by atoms with Crippen LogP contribution in [0.5, 0.6) is 5.75 Å². The quantitative estimate of drug-likeness (QED) is 0.0530. The second-order valence-corrected chi connectivity index (χ2v) is 27.6. The van der Waals surface area contributed by atoms with Crippen molar-refractivity contribution in [3.8, 4) is 5.75 Å². The fourth-order valence-electron chi connectivity index (χ4n) is 12.7. The monoisotopic (exact) mass is 1500 g/mol. The van der Waals surface area contributed by atoms with Crippen LogP contribution < -0.4 is 57.9 Å². The van der Waals surface area contributed by atoms with Gasteiger partial charge in [0.05, 0.1) is 26.2 Å². The van der Waals surface area contributed by atoms with E-state index in [2.05, 4.69) is 58.2 Å². The molecule has 108 heavy (non-hydrogen) atoms. The minimum Gasteiger partial charge on any atom is -0.497 e. The van der Waals surface area contributed by atoms with E-state index < -0.39 is 193 Å². The van der Waals surface area contributed by atoms with Crippen molar-refractivity contribution in [1.29, 1.82) is 0 Å². The van der Waals surface area contributed by atoms with Gasteiger partial charge in [-0.1, -0.05) is 125 Å². The van der Waals surface area contributed by atoms with Crippen molar-refractivity contribution in [2.45, 2.75) is 192 Å². The average molecular weight is 1500 g/mol. The van der Waals surface area contributed by atoms with E-state index in [9.17, 15) is 78.3 Å². The molecule has 14 unspecified atom stereocenters. The van der Waals surface area contributed by atoms with Crippen LogP contribution in [0.4, 0.5) is 0 Å². The lowest BCUT2D eigenvalue weighted by Crippen LogP contribution is -2.61. The summed E-state index contributed by atoms with van der Waals surface area (Å²) in [4.78, 5) is 190. The summed E-state index contributed by atoms with van der Waals surface area (Å²) >= 11 is 0. The summed E-state index contributed by atoms with van der Waals surface area (Å²) < 4.78 is 11.1. The number of carbonyl (C=O) groups excluding carboxylic acids is 12. The van der Waals surface area contributed by atoms with Gasteiger partial charge in [-0.2, -0.15) is 0 Å². The number of nitrogens with one attached hydrogen (secondary N) is 11. The lowest BCUT2D eigenvalue weighted by molar-refractivity contribution is -0.158. The standard InChI is InChI=1S/C76H98N12O20/c1-10-19-44-20-14-15-21-45(44)29-32-57(89)80-53-35-41(6)108-76(106)62(63(93)40(4)5)86-69(99)52(34-39(2)3)83-73(103)74(104)87-70(100)54(36-50-42(7)78-51-25-17-16-24-49(50)51)82-72(102)60(64(94)47-27-30-48(107-9)31-28-47)85-71(101)56-26-18-33-88(56)75(105)61(65(95)46-22-12-11-13-23-46)84-58(90)38-77-67(97)55(37-59(91)92)81-66(96)43(8)79-68(53)98/h10-17,19-25,27-28,30-31,39-41,43,52-56,60-65,74,78,93-95,104H,18,26,29,32-38H2,1-9H3,(H,77,97)(H,79,98)(H,80,89)(H,81,96)(H,82,102)(H,83,103)(H,84,90)(H,85,101)(H,86,99)(H,87,100)(H,91,92). The number of aromatic nitrogens is 1. The molecule has 0 spiro atoms. The van der Waals surface area contributed by atoms with Crippen LogP contribution in [0.15, 0.2) is 109 Å². The number of aromatic amines is 1. The van der Waals surface area contributed by atoms with Crippen molar-refractivity contribution in [2.24, 2.45) is 11.8 Å². The Bertz CT molecular complexity index is 4070. The number of hydrogen-bond acceptors (Lipinski definition) is 19. The van der Waals surface area contributed by atoms with Crippen LogP contribution in [-0.4, -0.2) is 205 Å². The average Bonchev–Trinajstić information content (AvgIpc) is 1.64. The topological polar surface area (TPSA) is 481 Å². The number of allylic oxidation sites excluding steroid dienone is 1. The number of aliphatic carboxylic acids is 1. The van der Waals surface area contributed by atoms with Gasteiger partial charge in [0.25, 0.3) is 5.91 Å². The van der Waals surface area contributed by atoms with Crippen molar-refractivity contribution in [1.82, 2.24) is 63.1 Å². The minimum atomic E-state index is -2.50. The highest BCUT2D eigenvalue weighted by Gasteiger charge is 2.44. The number of aryl methyl sites for hydroxylation is 2. The predicted octanol–water partition coefficient (Wildman–Crippen LogP) is 0.474. The summed E-state index contributed by atoms with van der Waals surface area (Å²) in [5.41, 5.74) is 3.31. The van der Waals surface area contributed by atoms with Crippen molar-refractivity contribution in [3.63, 3.8) is 0 Å². The lowest BCUT2D eigenvalue weighted by Gasteiger charge is -2.33. The third kappa shape index (κ3) is 23.2. The molecule has 582 valence electrons. The maximum atomic E-state index is 15.2. The van der Waals surface area contributed by atoms with Gasteiger partial charge in [0, 0.05) is 42.4 Å². The third-order valence-electron chi connectivity index (χ3n) is 18.5. The summed E-state index contributed by atoms with van der Waals surface area (Å²) in [6, 6.07) is 11.4. The maximum Gasteiger partial charge on any atom is 0.331 e. The molecule has 0 saturated carbocycles. The van der Waals surface area contributed by atoms with Crippen LogP contribution in [0.3, 0.4) is 0 Å². The number of carboxylic acids is 1. The molecule has 32 nitrogen and oxygen atoms in total. The molecular formula is C76H98N12O20. The van der Waals surface area contributed by atoms with Crippen LogP contribution >= 0.6 is 0 Å². The molecule has 16 N–H and O–H groups in total. The first-order chi connectivity index (χ1) is 51.3. The van der Waals surface area contributed by atoms with Crippen molar-refractivity contribution in [2.75, 3.05) is 20.2 Å². The number of carboxylic acid groups (broad SMARTS) is 1. The Balaban J connectivity index is 1.28. The smallest absolute Gasteiger partial charge is 0.331 e. The van der Waals surface area contributed by atoms with E-state index in [-0.39, 0.29) is 56.2 Å². The zero-order chi connectivity index (χ0) is 79.2. The van der Waals surface area contributed by atoms with Gasteiger partial charge in [0.15, 0.2) is 6.04 Å². The number of aliphatic hydroxyl groups is 4. The Hall–Kier alpha value is -11.1. The third-order valence-corrected chi connectivity index (χ3v) is 18.5. The van der Waals surface area contributed by atoms with Gasteiger partial charge in [0.2, 0.25) is 65.3 Å². The number of methoxy groups -OCH3 is 1. The zero-order valence-corrected chi connectivity index (χ0v) is 61.6. The fraction of sp³-hybridized carbons (Fsp3) is 0.461. The fourth-order valence-corrected chi connectivity index (χ4v) is 12.7. The summed E-state index contributed by atoms with van der Waals surface area (Å²) in [7, 11) is 1.38. The van der Waals surface area contributed by atoms with E-state index in [0.29, 0.717) is 27.9 Å². The number of para-hydroxylation sites is 1. The van der Waals surface area contributed by atoms with Crippen LogP contribution in [0.2, 0.25) is 0 Å².